The number of aromatic nitrogens is 1. The van der Waals surface area contributed by atoms with E-state index >= 15 is 0 Å². The van der Waals surface area contributed by atoms with E-state index in [1.807, 2.05) is 18.2 Å². The number of rotatable bonds is 6. The van der Waals surface area contributed by atoms with E-state index in [2.05, 4.69) is 34.8 Å². The van der Waals surface area contributed by atoms with Gasteiger partial charge < -0.3 is 9.30 Å². The zero-order valence-electron chi connectivity index (χ0n) is 18.4. The van der Waals surface area contributed by atoms with Crippen LogP contribution in [-0.4, -0.2) is 40.2 Å². The van der Waals surface area contributed by atoms with Gasteiger partial charge in [0, 0.05) is 36.3 Å². The maximum Gasteiger partial charge on any atom is 0.338 e. The molecule has 6 nitrogen and oxygen atoms in total. The fourth-order valence-corrected chi connectivity index (χ4v) is 4.61. The number of aliphatic imine (C=N–C) groups is 1. The van der Waals surface area contributed by atoms with E-state index in [-0.39, 0.29) is 11.9 Å². The third-order valence-corrected chi connectivity index (χ3v) is 6.22. The lowest BCUT2D eigenvalue weighted by atomic mass is 10.1. The molecule has 1 aliphatic heterocycles. The van der Waals surface area contributed by atoms with Crippen molar-refractivity contribution < 1.29 is 14.3 Å². The van der Waals surface area contributed by atoms with Gasteiger partial charge in [0.15, 0.2) is 5.17 Å². The monoisotopic (exact) mass is 447 g/mol. The third-order valence-electron chi connectivity index (χ3n) is 5.16. The number of benzene rings is 2. The number of esters is 1. The fourth-order valence-electron chi connectivity index (χ4n) is 3.64. The van der Waals surface area contributed by atoms with Crippen LogP contribution in [0.1, 0.15) is 36.2 Å². The first-order valence-corrected chi connectivity index (χ1v) is 11.4. The number of thioether (sulfide) groups is 1. The Labute approximate surface area is 191 Å². The van der Waals surface area contributed by atoms with Crippen LogP contribution >= 0.6 is 11.8 Å². The van der Waals surface area contributed by atoms with E-state index in [4.69, 9.17) is 4.74 Å². The van der Waals surface area contributed by atoms with E-state index in [0.717, 1.165) is 29.4 Å². The number of carbonyl (C=O) groups excluding carboxylic acids is 2. The molecular formula is C25H25N3O3S. The van der Waals surface area contributed by atoms with Gasteiger partial charge in [0.05, 0.1) is 22.8 Å². The van der Waals surface area contributed by atoms with Crippen LogP contribution < -0.4 is 0 Å². The van der Waals surface area contributed by atoms with Crippen LogP contribution in [0.3, 0.4) is 0 Å². The molecule has 2 heterocycles. The molecule has 0 aliphatic carbocycles. The second-order valence-corrected chi connectivity index (χ2v) is 8.44. The van der Waals surface area contributed by atoms with Crippen molar-refractivity contribution in [3.8, 4) is 0 Å². The lowest BCUT2D eigenvalue weighted by Gasteiger charge is -2.07. The molecule has 7 heteroatoms. The summed E-state index contributed by atoms with van der Waals surface area (Å²) in [6.07, 6.45) is 5.08. The average molecular weight is 448 g/mol. The largest absolute Gasteiger partial charge is 0.462 e. The number of hydrogen-bond acceptors (Lipinski definition) is 5. The molecule has 0 N–H and O–H groups in total. The quantitative estimate of drug-likeness (QED) is 0.372. The molecule has 0 saturated carbocycles. The van der Waals surface area contributed by atoms with E-state index in [9.17, 15) is 9.59 Å². The Morgan fingerprint density at radius 3 is 2.75 bits per heavy atom. The van der Waals surface area contributed by atoms with Crippen LogP contribution in [0.15, 0.2) is 64.6 Å². The van der Waals surface area contributed by atoms with E-state index in [0.29, 0.717) is 27.9 Å². The number of para-hydroxylation sites is 1. The highest BCUT2D eigenvalue weighted by atomic mass is 32.2. The van der Waals surface area contributed by atoms with Gasteiger partial charge in [-0.1, -0.05) is 31.2 Å². The number of amidine groups is 1. The summed E-state index contributed by atoms with van der Waals surface area (Å²) in [4.78, 5) is 31.7. The summed E-state index contributed by atoms with van der Waals surface area (Å²) < 4.78 is 7.29. The number of fused-ring (bicyclic) bond motifs is 1. The topological polar surface area (TPSA) is 63.9 Å². The number of aryl methyl sites for hydroxylation is 1. The molecule has 32 heavy (non-hydrogen) atoms. The highest BCUT2D eigenvalue weighted by Crippen LogP contribution is 2.35. The minimum atomic E-state index is -0.387. The highest BCUT2D eigenvalue weighted by molar-refractivity contribution is 8.18. The molecule has 2 aromatic carbocycles. The summed E-state index contributed by atoms with van der Waals surface area (Å²) in [6, 6.07) is 15.1. The van der Waals surface area contributed by atoms with Gasteiger partial charge in [0.25, 0.3) is 5.91 Å². The van der Waals surface area contributed by atoms with Crippen LogP contribution in [0.4, 0.5) is 5.69 Å². The molecule has 0 bridgehead atoms. The molecule has 1 aliphatic rings. The highest BCUT2D eigenvalue weighted by Gasteiger charge is 2.30. The third kappa shape index (κ3) is 4.34. The second kappa shape index (κ2) is 9.44. The summed E-state index contributed by atoms with van der Waals surface area (Å²) in [5, 5.41) is 1.69. The van der Waals surface area contributed by atoms with E-state index in [1.165, 1.54) is 11.8 Å². The average Bonchev–Trinajstić information content (AvgIpc) is 3.27. The summed E-state index contributed by atoms with van der Waals surface area (Å²) in [7, 11) is 1.71. The molecule has 0 radical (unpaired) electrons. The molecule has 164 valence electrons. The van der Waals surface area contributed by atoms with Crippen molar-refractivity contribution in [2.75, 3.05) is 13.7 Å². The van der Waals surface area contributed by atoms with Gasteiger partial charge in [0.1, 0.15) is 0 Å². The minimum Gasteiger partial charge on any atom is -0.462 e. The number of ether oxygens (including phenoxy) is 1. The Bertz CT molecular complexity index is 1240. The molecule has 0 unspecified atom stereocenters. The Morgan fingerprint density at radius 2 is 1.97 bits per heavy atom. The standard InChI is InChI=1S/C25H25N3O3S/c1-4-13-28-16-18(20-11-6-7-12-21(20)28)15-22-23(29)27(3)25(32-22)26-19-10-8-9-17(14-19)24(30)31-5-2/h6-12,14-16H,4-5,13H2,1-3H3. The fraction of sp³-hybridized carbons (Fsp3) is 0.240. The second-order valence-electron chi connectivity index (χ2n) is 7.43. The van der Waals surface area contributed by atoms with Gasteiger partial charge in [0.2, 0.25) is 0 Å². The lowest BCUT2D eigenvalue weighted by molar-refractivity contribution is -0.121. The Morgan fingerprint density at radius 1 is 1.16 bits per heavy atom. The lowest BCUT2D eigenvalue weighted by Crippen LogP contribution is -2.23. The van der Waals surface area contributed by atoms with Crippen molar-refractivity contribution in [2.24, 2.45) is 4.99 Å². The summed E-state index contributed by atoms with van der Waals surface area (Å²) in [6.45, 7) is 5.16. The van der Waals surface area contributed by atoms with E-state index in [1.54, 1.807) is 43.1 Å². The molecule has 1 aromatic heterocycles. The molecular weight excluding hydrogens is 422 g/mol. The molecule has 1 fully saturated rings. The van der Waals surface area contributed by atoms with Gasteiger partial charge in [-0.05, 0) is 55.4 Å². The Hall–Kier alpha value is -3.32. The summed E-state index contributed by atoms with van der Waals surface area (Å²) in [5.41, 5.74) is 3.21. The Balaban J connectivity index is 1.65. The van der Waals surface area contributed by atoms with Gasteiger partial charge in [-0.25, -0.2) is 9.79 Å². The minimum absolute atomic E-state index is 0.0948. The molecule has 0 atom stereocenters. The molecule has 4 rings (SSSR count). The van der Waals surface area contributed by atoms with Crippen LogP contribution in [-0.2, 0) is 16.1 Å². The van der Waals surface area contributed by atoms with Crippen LogP contribution in [0, 0.1) is 0 Å². The molecule has 1 amide bonds. The van der Waals surface area contributed by atoms with E-state index < -0.39 is 0 Å². The first-order valence-electron chi connectivity index (χ1n) is 10.6. The van der Waals surface area contributed by atoms with Crippen molar-refractivity contribution in [3.63, 3.8) is 0 Å². The maximum absolute atomic E-state index is 12.9. The number of likely N-dealkylation sites (N-methyl/N-ethyl adjacent to an activating group) is 1. The van der Waals surface area contributed by atoms with Crippen molar-refractivity contribution in [1.29, 1.82) is 0 Å². The molecule has 0 spiro atoms. The van der Waals surface area contributed by atoms with Crippen LogP contribution in [0.2, 0.25) is 0 Å². The zero-order valence-corrected chi connectivity index (χ0v) is 19.2. The van der Waals surface area contributed by atoms with Gasteiger partial charge in [-0.3, -0.25) is 9.69 Å². The number of hydrogen-bond donors (Lipinski definition) is 0. The number of nitrogens with zero attached hydrogens (tertiary/aromatic N) is 3. The first kappa shape index (κ1) is 21.9. The number of amides is 1. The predicted molar refractivity (Wildman–Crippen MR) is 130 cm³/mol. The zero-order chi connectivity index (χ0) is 22.7. The Kier molecular flexibility index (Phi) is 6.46. The van der Waals surface area contributed by atoms with Crippen molar-refractivity contribution >= 4 is 51.5 Å². The van der Waals surface area contributed by atoms with Crippen molar-refractivity contribution in [2.45, 2.75) is 26.8 Å². The van der Waals surface area contributed by atoms with Crippen LogP contribution in [0.5, 0.6) is 0 Å². The SMILES string of the molecule is CCCn1cc(C=C2SC(=Nc3cccc(C(=O)OCC)c3)N(C)C2=O)c2ccccc21. The van der Waals surface area contributed by atoms with Crippen LogP contribution in [0.25, 0.3) is 17.0 Å². The first-order chi connectivity index (χ1) is 15.5. The normalized spacial score (nSPS) is 16.5. The number of carbonyl (C=O) groups is 2. The van der Waals surface area contributed by atoms with Gasteiger partial charge >= 0.3 is 5.97 Å². The van der Waals surface area contributed by atoms with Crippen molar-refractivity contribution in [3.05, 3.63) is 70.8 Å². The molecule has 1 saturated heterocycles. The summed E-state index contributed by atoms with van der Waals surface area (Å²) >= 11 is 1.33. The summed E-state index contributed by atoms with van der Waals surface area (Å²) in [5.74, 6) is -0.482. The maximum atomic E-state index is 12.9. The van der Waals surface area contributed by atoms with Gasteiger partial charge in [-0.15, -0.1) is 0 Å². The predicted octanol–water partition coefficient (Wildman–Crippen LogP) is 5.46. The smallest absolute Gasteiger partial charge is 0.338 e. The molecule has 3 aromatic rings. The van der Waals surface area contributed by atoms with Crippen molar-refractivity contribution in [1.82, 2.24) is 9.47 Å². The van der Waals surface area contributed by atoms with Gasteiger partial charge in [-0.2, -0.15) is 0 Å².